The first kappa shape index (κ1) is 19.6. The smallest absolute Gasteiger partial charge is 0.311 e. The van der Waals surface area contributed by atoms with Crippen LogP contribution in [-0.2, 0) is 4.79 Å². The third kappa shape index (κ3) is 5.17. The molecule has 0 aliphatic rings. The van der Waals surface area contributed by atoms with Gasteiger partial charge in [-0.2, -0.15) is 5.10 Å². The van der Waals surface area contributed by atoms with Crippen LogP contribution in [-0.4, -0.2) is 23.8 Å². The van der Waals surface area contributed by atoms with Crippen molar-refractivity contribution in [1.29, 1.82) is 0 Å². The molecule has 0 fully saturated rings. The van der Waals surface area contributed by atoms with Gasteiger partial charge in [0.1, 0.15) is 0 Å². The number of aromatic nitrogens is 1. The largest absolute Gasteiger partial charge is 0.490 e. The van der Waals surface area contributed by atoms with Gasteiger partial charge in [-0.15, -0.1) is 11.3 Å². The summed E-state index contributed by atoms with van der Waals surface area (Å²) in [6.07, 6.45) is 1.97. The lowest BCUT2D eigenvalue weighted by molar-refractivity contribution is -0.134. The lowest BCUT2D eigenvalue weighted by atomic mass is 10.2. The summed E-state index contributed by atoms with van der Waals surface area (Å²) in [7, 11) is 0. The molecule has 0 amide bonds. The van der Waals surface area contributed by atoms with Crippen molar-refractivity contribution in [2.45, 2.75) is 20.3 Å². The lowest BCUT2D eigenvalue weighted by Gasteiger charge is -2.10. The maximum absolute atomic E-state index is 11.5. The highest BCUT2D eigenvalue weighted by Crippen LogP contribution is 2.28. The maximum atomic E-state index is 11.5. The van der Waals surface area contributed by atoms with Gasteiger partial charge in [0.2, 0.25) is 5.13 Å². The van der Waals surface area contributed by atoms with Crippen LogP contribution in [0, 0.1) is 0 Å². The van der Waals surface area contributed by atoms with Gasteiger partial charge >= 0.3 is 5.97 Å². The Bertz CT molecular complexity index is 955. The molecule has 0 unspecified atom stereocenters. The Balaban J connectivity index is 1.68. The minimum Gasteiger partial charge on any atom is -0.490 e. The van der Waals surface area contributed by atoms with E-state index in [1.165, 1.54) is 11.3 Å². The van der Waals surface area contributed by atoms with E-state index in [-0.39, 0.29) is 5.97 Å². The van der Waals surface area contributed by atoms with Gasteiger partial charge in [-0.1, -0.05) is 37.3 Å². The molecule has 0 atom stereocenters. The Morgan fingerprint density at radius 2 is 2.00 bits per heavy atom. The molecule has 1 N–H and O–H groups in total. The number of nitrogens with one attached hydrogen (secondary N) is 1. The van der Waals surface area contributed by atoms with Crippen molar-refractivity contribution in [1.82, 2.24) is 4.98 Å². The number of anilines is 1. The molecule has 6 nitrogen and oxygen atoms in total. The van der Waals surface area contributed by atoms with E-state index in [4.69, 9.17) is 9.47 Å². The van der Waals surface area contributed by atoms with E-state index in [0.717, 1.165) is 16.8 Å². The van der Waals surface area contributed by atoms with Crippen LogP contribution in [0.15, 0.2) is 59.0 Å². The first-order valence-electron chi connectivity index (χ1n) is 8.97. The summed E-state index contributed by atoms with van der Waals surface area (Å²) < 4.78 is 10.9. The fourth-order valence-electron chi connectivity index (χ4n) is 2.38. The van der Waals surface area contributed by atoms with Crippen molar-refractivity contribution in [2.75, 3.05) is 12.0 Å². The number of thiazole rings is 1. The zero-order valence-electron chi connectivity index (χ0n) is 15.7. The second-order valence-electron chi connectivity index (χ2n) is 5.74. The zero-order valence-corrected chi connectivity index (χ0v) is 16.5. The predicted molar refractivity (Wildman–Crippen MR) is 112 cm³/mol. The van der Waals surface area contributed by atoms with Gasteiger partial charge in [0.15, 0.2) is 11.5 Å². The predicted octanol–water partition coefficient (Wildman–Crippen LogP) is 4.97. The summed E-state index contributed by atoms with van der Waals surface area (Å²) in [5.74, 6) is 0.613. The molecule has 0 aliphatic carbocycles. The summed E-state index contributed by atoms with van der Waals surface area (Å²) in [4.78, 5) is 16.1. The molecule has 7 heteroatoms. The van der Waals surface area contributed by atoms with E-state index < -0.39 is 0 Å². The second kappa shape index (κ2) is 9.66. The number of ether oxygens (including phenoxy) is 2. The number of hydrogen-bond donors (Lipinski definition) is 1. The van der Waals surface area contributed by atoms with Gasteiger partial charge in [0, 0.05) is 17.4 Å². The molecular weight excluding hydrogens is 374 g/mol. The van der Waals surface area contributed by atoms with Crippen LogP contribution in [0.4, 0.5) is 5.13 Å². The summed E-state index contributed by atoms with van der Waals surface area (Å²) in [5, 5.41) is 6.92. The Hall–Kier alpha value is -3.19. The standard InChI is InChI=1S/C21H21N3O3S/c1-3-20(25)27-18-11-10-15(12-19(18)26-4-2)13-22-24-21-23-17(14-28-21)16-8-6-5-7-9-16/h5-14H,3-4H2,1-2H3,(H,23,24). The van der Waals surface area contributed by atoms with Gasteiger partial charge in [-0.3, -0.25) is 10.2 Å². The van der Waals surface area contributed by atoms with Crippen molar-refractivity contribution in [3.63, 3.8) is 0 Å². The number of carbonyl (C=O) groups excluding carboxylic acids is 1. The first-order valence-corrected chi connectivity index (χ1v) is 9.85. The molecule has 1 heterocycles. The Morgan fingerprint density at radius 1 is 1.18 bits per heavy atom. The fraction of sp³-hybridized carbons (Fsp3) is 0.190. The monoisotopic (exact) mass is 395 g/mol. The Labute approximate surface area is 167 Å². The highest BCUT2D eigenvalue weighted by molar-refractivity contribution is 7.14. The highest BCUT2D eigenvalue weighted by atomic mass is 32.1. The van der Waals surface area contributed by atoms with Crippen molar-refractivity contribution in [2.24, 2.45) is 5.10 Å². The molecule has 3 rings (SSSR count). The molecule has 0 saturated carbocycles. The van der Waals surface area contributed by atoms with E-state index in [0.29, 0.717) is 29.7 Å². The zero-order chi connectivity index (χ0) is 19.8. The number of benzene rings is 2. The van der Waals surface area contributed by atoms with Gasteiger partial charge in [0.25, 0.3) is 0 Å². The van der Waals surface area contributed by atoms with E-state index in [1.807, 2.05) is 48.7 Å². The van der Waals surface area contributed by atoms with Gasteiger partial charge in [-0.25, -0.2) is 4.98 Å². The molecule has 28 heavy (non-hydrogen) atoms. The molecule has 2 aromatic carbocycles. The van der Waals surface area contributed by atoms with Crippen LogP contribution in [0.3, 0.4) is 0 Å². The van der Waals surface area contributed by atoms with Gasteiger partial charge in [-0.05, 0) is 30.7 Å². The molecule has 0 spiro atoms. The van der Waals surface area contributed by atoms with Gasteiger partial charge < -0.3 is 9.47 Å². The molecule has 1 aromatic heterocycles. The number of carbonyl (C=O) groups is 1. The molecule has 0 bridgehead atoms. The van der Waals surface area contributed by atoms with Crippen LogP contribution in [0.25, 0.3) is 11.3 Å². The van der Waals surface area contributed by atoms with Crippen LogP contribution in [0.1, 0.15) is 25.8 Å². The number of hydrazone groups is 1. The number of nitrogens with zero attached hydrogens (tertiary/aromatic N) is 2. The highest BCUT2D eigenvalue weighted by Gasteiger charge is 2.09. The van der Waals surface area contributed by atoms with Crippen molar-refractivity contribution in [3.05, 3.63) is 59.5 Å². The van der Waals surface area contributed by atoms with Crippen LogP contribution in [0.5, 0.6) is 11.5 Å². The number of hydrogen-bond acceptors (Lipinski definition) is 7. The average molecular weight is 395 g/mol. The Morgan fingerprint density at radius 3 is 2.75 bits per heavy atom. The first-order chi connectivity index (χ1) is 13.7. The van der Waals surface area contributed by atoms with Crippen molar-refractivity contribution >= 4 is 28.7 Å². The average Bonchev–Trinajstić information content (AvgIpc) is 3.19. The number of esters is 1. The summed E-state index contributed by atoms with van der Waals surface area (Å²) >= 11 is 1.48. The molecular formula is C21H21N3O3S. The van der Waals surface area contributed by atoms with Crippen molar-refractivity contribution < 1.29 is 14.3 Å². The Kier molecular flexibility index (Phi) is 6.75. The normalized spacial score (nSPS) is 10.8. The molecule has 0 aliphatic heterocycles. The fourth-order valence-corrected chi connectivity index (χ4v) is 3.05. The quantitative estimate of drug-likeness (QED) is 0.252. The van der Waals surface area contributed by atoms with Gasteiger partial charge in [0.05, 0.1) is 18.5 Å². The van der Waals surface area contributed by atoms with Crippen LogP contribution < -0.4 is 14.9 Å². The lowest BCUT2D eigenvalue weighted by Crippen LogP contribution is -2.07. The minimum atomic E-state index is -0.304. The third-order valence-corrected chi connectivity index (χ3v) is 4.47. The molecule has 3 aromatic rings. The summed E-state index contributed by atoms with van der Waals surface area (Å²) in [5.41, 5.74) is 5.72. The third-order valence-electron chi connectivity index (χ3n) is 3.73. The SMILES string of the molecule is CCOc1cc(C=NNc2nc(-c3ccccc3)cs2)ccc1OC(=O)CC. The minimum absolute atomic E-state index is 0.303. The molecule has 0 radical (unpaired) electrons. The number of rotatable bonds is 8. The van der Waals surface area contributed by atoms with E-state index in [1.54, 1.807) is 25.3 Å². The molecule has 144 valence electrons. The summed E-state index contributed by atoms with van der Waals surface area (Å²) in [6, 6.07) is 15.3. The van der Waals surface area contributed by atoms with E-state index in [2.05, 4.69) is 15.5 Å². The van der Waals surface area contributed by atoms with E-state index >= 15 is 0 Å². The van der Waals surface area contributed by atoms with Crippen molar-refractivity contribution in [3.8, 4) is 22.8 Å². The van der Waals surface area contributed by atoms with E-state index in [9.17, 15) is 4.79 Å². The van der Waals surface area contributed by atoms with Crippen LogP contribution >= 0.6 is 11.3 Å². The topological polar surface area (TPSA) is 72.8 Å². The molecule has 0 saturated heterocycles. The maximum Gasteiger partial charge on any atom is 0.311 e. The summed E-state index contributed by atoms with van der Waals surface area (Å²) in [6.45, 7) is 4.09. The van der Waals surface area contributed by atoms with Crippen LogP contribution in [0.2, 0.25) is 0 Å². The second-order valence-corrected chi connectivity index (χ2v) is 6.60.